The number of aryl methyl sites for hydroxylation is 1. The molecule has 1 N–H and O–H groups in total. The van der Waals surface area contributed by atoms with Crippen LogP contribution in [-0.4, -0.2) is 63.8 Å². The predicted molar refractivity (Wildman–Crippen MR) is 135 cm³/mol. The summed E-state index contributed by atoms with van der Waals surface area (Å²) < 4.78 is 26.3. The van der Waals surface area contributed by atoms with Crippen molar-refractivity contribution in [3.63, 3.8) is 0 Å². The van der Waals surface area contributed by atoms with Crippen molar-refractivity contribution in [1.29, 1.82) is 5.26 Å². The van der Waals surface area contributed by atoms with Crippen LogP contribution in [0.3, 0.4) is 0 Å². The summed E-state index contributed by atoms with van der Waals surface area (Å²) >= 11 is 0. The summed E-state index contributed by atoms with van der Waals surface area (Å²) in [6.45, 7) is 3.91. The lowest BCUT2D eigenvalue weighted by molar-refractivity contribution is -0.108. The zero-order chi connectivity index (χ0) is 27.0. The Morgan fingerprint density at radius 3 is 2.54 bits per heavy atom. The lowest BCUT2D eigenvalue weighted by Crippen LogP contribution is -2.50. The second kappa shape index (κ2) is 9.74. The predicted octanol–water partition coefficient (Wildman–Crippen LogP) is 1.93. The monoisotopic (exact) mass is 525 g/mol. The van der Waals surface area contributed by atoms with Crippen LogP contribution >= 0.6 is 0 Å². The minimum absolute atomic E-state index is 0.0868. The largest absolute Gasteiger partial charge is 0.347 e. The Morgan fingerprint density at radius 2 is 1.95 bits per heavy atom. The molecule has 0 atom stereocenters. The molecule has 0 spiro atoms. The fourth-order valence-electron chi connectivity index (χ4n) is 4.99. The van der Waals surface area contributed by atoms with E-state index in [4.69, 9.17) is 5.26 Å². The van der Waals surface area contributed by atoms with E-state index in [0.717, 1.165) is 11.8 Å². The number of aromatic nitrogens is 2. The smallest absolute Gasteiger partial charge is 0.272 e. The first-order valence-electron chi connectivity index (χ1n) is 12.3. The van der Waals surface area contributed by atoms with Crippen LogP contribution in [0.5, 0.6) is 0 Å². The van der Waals surface area contributed by atoms with Gasteiger partial charge in [-0.05, 0) is 57.2 Å². The first-order valence-corrected chi connectivity index (χ1v) is 13.7. The quantitative estimate of drug-likeness (QED) is 0.467. The highest BCUT2D eigenvalue weighted by Crippen LogP contribution is 2.50. The van der Waals surface area contributed by atoms with Crippen molar-refractivity contribution in [2.75, 3.05) is 13.1 Å². The van der Waals surface area contributed by atoms with Gasteiger partial charge in [-0.25, -0.2) is 8.42 Å². The van der Waals surface area contributed by atoms with Crippen LogP contribution in [0.25, 0.3) is 0 Å². The molecular weight excluding hydrogens is 494 g/mol. The SMILES string of the molecule is Cn1nc(C(=O)NCc2ccc(C#N)cc2)c2c1C(=O)N(CC1(S(=O)(=O)C(C)(C)CCC=O)CC1)CC2. The molecule has 0 radical (unpaired) electrons. The Bertz CT molecular complexity index is 1380. The topological polar surface area (TPSA) is 142 Å². The van der Waals surface area contributed by atoms with E-state index in [1.807, 2.05) is 6.07 Å². The van der Waals surface area contributed by atoms with Gasteiger partial charge in [0.1, 0.15) is 12.0 Å². The average Bonchev–Trinajstić information content (AvgIpc) is 3.59. The molecule has 1 saturated carbocycles. The van der Waals surface area contributed by atoms with Crippen molar-refractivity contribution < 1.29 is 22.8 Å². The number of carbonyl (C=O) groups excluding carboxylic acids is 3. The molecule has 1 aliphatic heterocycles. The van der Waals surface area contributed by atoms with Crippen molar-refractivity contribution in [1.82, 2.24) is 20.0 Å². The summed E-state index contributed by atoms with van der Waals surface area (Å²) in [5.41, 5.74) is 2.39. The van der Waals surface area contributed by atoms with Gasteiger partial charge in [0.2, 0.25) is 0 Å². The van der Waals surface area contributed by atoms with Crippen LogP contribution in [0.2, 0.25) is 0 Å². The lowest BCUT2D eigenvalue weighted by Gasteiger charge is -2.35. The number of carbonyl (C=O) groups is 3. The normalized spacial score (nSPS) is 16.6. The molecule has 2 aromatic rings. The molecule has 1 aliphatic carbocycles. The van der Waals surface area contributed by atoms with Crippen LogP contribution in [0.15, 0.2) is 24.3 Å². The molecule has 10 nitrogen and oxygen atoms in total. The van der Waals surface area contributed by atoms with Gasteiger partial charge in [0.25, 0.3) is 11.8 Å². The first kappa shape index (κ1) is 26.5. The molecule has 0 unspecified atom stereocenters. The van der Waals surface area contributed by atoms with Gasteiger partial charge >= 0.3 is 0 Å². The number of amides is 2. The number of sulfone groups is 1. The van der Waals surface area contributed by atoms with Crippen LogP contribution in [0, 0.1) is 11.3 Å². The zero-order valence-corrected chi connectivity index (χ0v) is 22.1. The Morgan fingerprint density at radius 1 is 1.27 bits per heavy atom. The minimum atomic E-state index is -3.61. The second-order valence-corrected chi connectivity index (χ2v) is 13.4. The second-order valence-electron chi connectivity index (χ2n) is 10.4. The summed E-state index contributed by atoms with van der Waals surface area (Å²) in [6, 6.07) is 8.92. The van der Waals surface area contributed by atoms with Crippen LogP contribution < -0.4 is 5.32 Å². The van der Waals surface area contributed by atoms with Gasteiger partial charge in [0, 0.05) is 38.7 Å². The fraction of sp³-hybridized carbons (Fsp3) is 0.500. The summed E-state index contributed by atoms with van der Waals surface area (Å²) in [6.07, 6.45) is 2.47. The van der Waals surface area contributed by atoms with Gasteiger partial charge in [0.15, 0.2) is 15.5 Å². The maximum atomic E-state index is 13.5. The number of nitrogens with one attached hydrogen (secondary N) is 1. The number of rotatable bonds is 10. The molecule has 2 amide bonds. The van der Waals surface area contributed by atoms with E-state index < -0.39 is 25.2 Å². The van der Waals surface area contributed by atoms with E-state index in [2.05, 4.69) is 10.4 Å². The van der Waals surface area contributed by atoms with E-state index >= 15 is 0 Å². The van der Waals surface area contributed by atoms with Crippen molar-refractivity contribution in [3.05, 3.63) is 52.3 Å². The van der Waals surface area contributed by atoms with Gasteiger partial charge in [-0.15, -0.1) is 0 Å². The van der Waals surface area contributed by atoms with Gasteiger partial charge in [-0.2, -0.15) is 10.4 Å². The summed E-state index contributed by atoms with van der Waals surface area (Å²) in [7, 11) is -2.01. The van der Waals surface area contributed by atoms with E-state index in [0.29, 0.717) is 42.6 Å². The zero-order valence-electron chi connectivity index (χ0n) is 21.3. The van der Waals surface area contributed by atoms with E-state index in [-0.39, 0.29) is 37.5 Å². The average molecular weight is 526 g/mol. The number of hydrogen-bond donors (Lipinski definition) is 1. The Kier molecular flexibility index (Phi) is 6.99. The molecule has 1 aromatic carbocycles. The van der Waals surface area contributed by atoms with Gasteiger partial charge in [-0.3, -0.25) is 14.3 Å². The molecular formula is C26H31N5O5S. The lowest BCUT2D eigenvalue weighted by atomic mass is 10.0. The molecule has 2 heterocycles. The Labute approximate surface area is 216 Å². The van der Waals surface area contributed by atoms with E-state index in [1.165, 1.54) is 4.68 Å². The third-order valence-corrected chi connectivity index (χ3v) is 10.8. The van der Waals surface area contributed by atoms with E-state index in [1.54, 1.807) is 50.1 Å². The highest BCUT2D eigenvalue weighted by molar-refractivity contribution is 7.94. The molecule has 196 valence electrons. The third-order valence-electron chi connectivity index (χ3n) is 7.47. The van der Waals surface area contributed by atoms with Gasteiger partial charge in [0.05, 0.1) is 21.1 Å². The minimum Gasteiger partial charge on any atom is -0.347 e. The molecule has 2 aliphatic rings. The van der Waals surface area contributed by atoms with Crippen LogP contribution in [-0.2, 0) is 34.6 Å². The van der Waals surface area contributed by atoms with Gasteiger partial charge < -0.3 is 15.0 Å². The molecule has 11 heteroatoms. The summed E-state index contributed by atoms with van der Waals surface area (Å²) in [5, 5.41) is 16.1. The number of benzene rings is 1. The Hall–Kier alpha value is -3.52. The molecule has 4 rings (SSSR count). The highest BCUT2D eigenvalue weighted by Gasteiger charge is 2.60. The van der Waals surface area contributed by atoms with Crippen molar-refractivity contribution in [2.24, 2.45) is 7.05 Å². The van der Waals surface area contributed by atoms with Crippen molar-refractivity contribution in [2.45, 2.75) is 62.0 Å². The fourth-order valence-corrected chi connectivity index (χ4v) is 7.52. The van der Waals surface area contributed by atoms with Crippen LogP contribution in [0.1, 0.15) is 77.2 Å². The molecule has 1 aromatic heterocycles. The standard InChI is InChI=1S/C26H31N5O5S/c1-25(2,10-4-14-32)37(35,36)26(11-12-26)17-31-13-9-20-21(29-30(3)22(20)24(31)34)23(33)28-16-19-7-5-18(15-27)6-8-19/h5-8,14H,4,9-13,16-17H2,1-3H3,(H,28,33). The Balaban J connectivity index is 1.48. The highest BCUT2D eigenvalue weighted by atomic mass is 32.2. The number of nitrogens with zero attached hydrogens (tertiary/aromatic N) is 4. The molecule has 37 heavy (non-hydrogen) atoms. The maximum absolute atomic E-state index is 13.5. The van der Waals surface area contributed by atoms with E-state index in [9.17, 15) is 22.8 Å². The summed E-state index contributed by atoms with van der Waals surface area (Å²) in [5.74, 6) is -0.741. The molecule has 0 bridgehead atoms. The number of aldehydes is 1. The molecule has 0 saturated heterocycles. The molecule has 1 fully saturated rings. The summed E-state index contributed by atoms with van der Waals surface area (Å²) in [4.78, 5) is 38.7. The van der Waals surface area contributed by atoms with Crippen LogP contribution in [0.4, 0.5) is 0 Å². The maximum Gasteiger partial charge on any atom is 0.272 e. The van der Waals surface area contributed by atoms with Crippen molar-refractivity contribution >= 4 is 27.9 Å². The first-order chi connectivity index (χ1) is 17.5. The third kappa shape index (κ3) is 4.78. The number of hydrogen-bond acceptors (Lipinski definition) is 7. The number of nitriles is 1. The van der Waals surface area contributed by atoms with Crippen molar-refractivity contribution in [3.8, 4) is 6.07 Å². The van der Waals surface area contributed by atoms with Gasteiger partial charge in [-0.1, -0.05) is 12.1 Å². The number of fused-ring (bicyclic) bond motifs is 1.